The van der Waals surface area contributed by atoms with Crippen molar-refractivity contribution in [3.05, 3.63) is 65.0 Å². The minimum absolute atomic E-state index is 0.00871. The second kappa shape index (κ2) is 8.19. The third kappa shape index (κ3) is 4.35. The molecule has 8 nitrogen and oxygen atoms in total. The smallest absolute Gasteiger partial charge is 0.292 e. The van der Waals surface area contributed by atoms with E-state index in [1.807, 2.05) is 0 Å². The summed E-state index contributed by atoms with van der Waals surface area (Å²) in [6, 6.07) is 7.30. The fourth-order valence-electron chi connectivity index (χ4n) is 3.82. The van der Waals surface area contributed by atoms with Crippen LogP contribution >= 0.6 is 0 Å². The summed E-state index contributed by atoms with van der Waals surface area (Å²) in [7, 11) is 0. The highest BCUT2D eigenvalue weighted by Crippen LogP contribution is 2.43. The van der Waals surface area contributed by atoms with Gasteiger partial charge in [-0.1, -0.05) is 18.2 Å². The number of nitrogens with one attached hydrogen (secondary N) is 1. The number of rotatable bonds is 6. The molecular formula is C22H19F4N7O. The topological polar surface area (TPSA) is 90.5 Å². The molecule has 5 rings (SSSR count). The first kappa shape index (κ1) is 22.0. The average Bonchev–Trinajstić information content (AvgIpc) is 3.47. The van der Waals surface area contributed by atoms with Crippen molar-refractivity contribution in [3.8, 4) is 0 Å². The van der Waals surface area contributed by atoms with Crippen LogP contribution in [0.3, 0.4) is 0 Å². The molecule has 4 aromatic rings. The summed E-state index contributed by atoms with van der Waals surface area (Å²) in [4.78, 5) is 21.0. The van der Waals surface area contributed by atoms with Crippen LogP contribution in [0.25, 0.3) is 11.0 Å². The second-order valence-corrected chi connectivity index (χ2v) is 8.21. The number of carbonyl (C=O) groups excluding carboxylic acids is 1. The van der Waals surface area contributed by atoms with Crippen molar-refractivity contribution < 1.29 is 22.4 Å². The maximum atomic E-state index is 13.8. The summed E-state index contributed by atoms with van der Waals surface area (Å²) in [6.45, 7) is 1.20. The van der Waals surface area contributed by atoms with Crippen LogP contribution in [-0.4, -0.2) is 35.4 Å². The molecule has 1 N–H and O–H groups in total. The second-order valence-electron chi connectivity index (χ2n) is 8.21. The summed E-state index contributed by atoms with van der Waals surface area (Å²) in [5.41, 5.74) is 0.119. The minimum Gasteiger partial charge on any atom is -0.292 e. The molecule has 34 heavy (non-hydrogen) atoms. The lowest BCUT2D eigenvalue weighted by atomic mass is 10.1. The molecule has 0 saturated heterocycles. The first-order chi connectivity index (χ1) is 16.2. The van der Waals surface area contributed by atoms with Gasteiger partial charge < -0.3 is 0 Å². The Morgan fingerprint density at radius 3 is 2.68 bits per heavy atom. The molecule has 0 aliphatic heterocycles. The zero-order chi connectivity index (χ0) is 24.0. The zero-order valence-electron chi connectivity index (χ0n) is 18.0. The number of anilines is 1. The van der Waals surface area contributed by atoms with E-state index in [0.717, 1.165) is 23.6 Å². The summed E-state index contributed by atoms with van der Waals surface area (Å²) in [6.07, 6.45) is -1.66. The van der Waals surface area contributed by atoms with Crippen molar-refractivity contribution in [1.82, 2.24) is 29.5 Å². The number of aryl methyl sites for hydroxylation is 1. The Bertz CT molecular complexity index is 1390. The Hall–Kier alpha value is -3.83. The highest BCUT2D eigenvalue weighted by Gasteiger charge is 2.37. The Kier molecular flexibility index (Phi) is 5.29. The van der Waals surface area contributed by atoms with Crippen molar-refractivity contribution in [2.75, 3.05) is 5.32 Å². The molecule has 1 saturated carbocycles. The molecule has 1 fully saturated rings. The number of aromatic nitrogens is 6. The van der Waals surface area contributed by atoms with Crippen molar-refractivity contribution in [2.24, 2.45) is 0 Å². The third-order valence-corrected chi connectivity index (χ3v) is 5.57. The Balaban J connectivity index is 1.37. The standard InChI is InChI=1S/C22H19F4N7O/c1-12-19-15(22(24,25)26)8-17(13-6-7-13)28-20(19)33(30-12)10-18(34)29-21-27-11-32(31-21)9-14-4-2-3-5-16(14)23/h2-5,8,11,13H,6-7,9-10H2,1H3,(H,29,31,34). The van der Waals surface area contributed by atoms with Crippen LogP contribution < -0.4 is 5.32 Å². The molecule has 0 spiro atoms. The Morgan fingerprint density at radius 2 is 1.97 bits per heavy atom. The molecule has 3 heterocycles. The number of pyridine rings is 1. The van der Waals surface area contributed by atoms with Gasteiger partial charge in [0.2, 0.25) is 11.9 Å². The van der Waals surface area contributed by atoms with Crippen molar-refractivity contribution in [2.45, 2.75) is 44.9 Å². The number of amides is 1. The molecule has 1 aliphatic carbocycles. The van der Waals surface area contributed by atoms with E-state index in [1.54, 1.807) is 18.2 Å². The number of benzene rings is 1. The van der Waals surface area contributed by atoms with E-state index >= 15 is 0 Å². The average molecular weight is 473 g/mol. The van der Waals surface area contributed by atoms with Gasteiger partial charge in [-0.15, -0.1) is 5.10 Å². The fourth-order valence-corrected chi connectivity index (χ4v) is 3.82. The number of hydrogen-bond donors (Lipinski definition) is 1. The van der Waals surface area contributed by atoms with Crippen LogP contribution in [0.2, 0.25) is 0 Å². The predicted molar refractivity (Wildman–Crippen MR) is 113 cm³/mol. The van der Waals surface area contributed by atoms with Gasteiger partial charge in [0.05, 0.1) is 23.2 Å². The summed E-state index contributed by atoms with van der Waals surface area (Å²) >= 11 is 0. The largest absolute Gasteiger partial charge is 0.417 e. The van der Waals surface area contributed by atoms with Crippen molar-refractivity contribution in [3.63, 3.8) is 0 Å². The van der Waals surface area contributed by atoms with Gasteiger partial charge in [-0.25, -0.2) is 23.7 Å². The normalized spacial score (nSPS) is 14.0. The van der Waals surface area contributed by atoms with Crippen LogP contribution in [0.4, 0.5) is 23.5 Å². The molecule has 176 valence electrons. The highest BCUT2D eigenvalue weighted by molar-refractivity contribution is 5.90. The molecule has 0 radical (unpaired) electrons. The summed E-state index contributed by atoms with van der Waals surface area (Å²) < 4.78 is 57.5. The van der Waals surface area contributed by atoms with Gasteiger partial charge >= 0.3 is 6.18 Å². The van der Waals surface area contributed by atoms with Crippen LogP contribution in [0.1, 0.15) is 41.3 Å². The molecule has 12 heteroatoms. The van der Waals surface area contributed by atoms with Gasteiger partial charge in [-0.2, -0.15) is 18.3 Å². The maximum Gasteiger partial charge on any atom is 0.417 e. The zero-order valence-corrected chi connectivity index (χ0v) is 18.0. The van der Waals surface area contributed by atoms with Gasteiger partial charge in [0, 0.05) is 17.2 Å². The first-order valence-corrected chi connectivity index (χ1v) is 10.6. The summed E-state index contributed by atoms with van der Waals surface area (Å²) in [5, 5.41) is 10.6. The van der Waals surface area contributed by atoms with Crippen molar-refractivity contribution in [1.29, 1.82) is 0 Å². The van der Waals surface area contributed by atoms with Gasteiger partial charge in [-0.05, 0) is 31.9 Å². The van der Waals surface area contributed by atoms with Gasteiger partial charge in [0.1, 0.15) is 18.7 Å². The first-order valence-electron chi connectivity index (χ1n) is 10.6. The number of fused-ring (bicyclic) bond motifs is 1. The van der Waals surface area contributed by atoms with E-state index in [0.29, 0.717) is 11.3 Å². The van der Waals surface area contributed by atoms with Crippen molar-refractivity contribution >= 4 is 22.9 Å². The molecule has 0 unspecified atom stereocenters. The number of halogens is 4. The van der Waals surface area contributed by atoms with E-state index < -0.39 is 17.6 Å². The number of carbonyl (C=O) groups is 1. The lowest BCUT2D eigenvalue weighted by molar-refractivity contribution is -0.136. The van der Waals surface area contributed by atoms with Crippen LogP contribution in [0, 0.1) is 12.7 Å². The lowest BCUT2D eigenvalue weighted by Gasteiger charge is -2.11. The molecule has 3 aromatic heterocycles. The maximum absolute atomic E-state index is 13.8. The SMILES string of the molecule is Cc1nn(CC(=O)Nc2ncn(Cc3ccccc3F)n2)c2nc(C3CC3)cc(C(F)(F)F)c12. The number of nitrogens with zero attached hydrogens (tertiary/aromatic N) is 6. The molecule has 1 aromatic carbocycles. The molecule has 1 amide bonds. The van der Waals surface area contributed by atoms with E-state index in [-0.39, 0.29) is 47.5 Å². The third-order valence-electron chi connectivity index (χ3n) is 5.57. The molecule has 1 aliphatic rings. The van der Waals surface area contributed by atoms with Gasteiger partial charge in [-0.3, -0.25) is 10.1 Å². The molecular weight excluding hydrogens is 454 g/mol. The van der Waals surface area contributed by atoms with E-state index in [1.165, 1.54) is 24.0 Å². The van der Waals surface area contributed by atoms with E-state index in [2.05, 4.69) is 25.5 Å². The Morgan fingerprint density at radius 1 is 1.21 bits per heavy atom. The Labute approximate surface area is 190 Å². The highest BCUT2D eigenvalue weighted by atomic mass is 19.4. The molecule has 0 bridgehead atoms. The quantitative estimate of drug-likeness (QED) is 0.427. The fraction of sp³-hybridized carbons (Fsp3) is 0.318. The van der Waals surface area contributed by atoms with Crippen LogP contribution in [0.5, 0.6) is 0 Å². The summed E-state index contributed by atoms with van der Waals surface area (Å²) in [5.74, 6) is -0.997. The number of hydrogen-bond acceptors (Lipinski definition) is 5. The predicted octanol–water partition coefficient (Wildman–Crippen LogP) is 4.05. The molecule has 0 atom stereocenters. The minimum atomic E-state index is -4.57. The lowest BCUT2D eigenvalue weighted by Crippen LogP contribution is -2.21. The van der Waals surface area contributed by atoms with E-state index in [4.69, 9.17) is 0 Å². The van der Waals surface area contributed by atoms with Crippen LogP contribution in [0.15, 0.2) is 36.7 Å². The monoisotopic (exact) mass is 473 g/mol. The van der Waals surface area contributed by atoms with Gasteiger partial charge in [0.15, 0.2) is 5.65 Å². The number of alkyl halides is 3. The van der Waals surface area contributed by atoms with Crippen LogP contribution in [-0.2, 0) is 24.1 Å². The van der Waals surface area contributed by atoms with Gasteiger partial charge in [0.25, 0.3) is 0 Å². The van der Waals surface area contributed by atoms with E-state index in [9.17, 15) is 22.4 Å².